The zero-order valence-electron chi connectivity index (χ0n) is 8.88. The normalized spacial score (nSPS) is 10.1. The summed E-state index contributed by atoms with van der Waals surface area (Å²) in [6.07, 6.45) is 0. The van der Waals surface area contributed by atoms with E-state index in [1.165, 1.54) is 12.1 Å². The van der Waals surface area contributed by atoms with Crippen LogP contribution in [0.5, 0.6) is 11.5 Å². The highest BCUT2D eigenvalue weighted by Gasteiger charge is 2.12. The summed E-state index contributed by atoms with van der Waals surface area (Å²) in [4.78, 5) is 0. The summed E-state index contributed by atoms with van der Waals surface area (Å²) >= 11 is 0. The minimum atomic E-state index is -0.618. The van der Waals surface area contributed by atoms with E-state index in [0.29, 0.717) is 19.0 Å². The van der Waals surface area contributed by atoms with Crippen molar-refractivity contribution in [3.05, 3.63) is 23.5 Å². The fraction of sp³-hybridized carbons (Fsp3) is 0.455. The van der Waals surface area contributed by atoms with Crippen LogP contribution in [0.1, 0.15) is 19.4 Å². The van der Waals surface area contributed by atoms with Gasteiger partial charge in [-0.2, -0.15) is 0 Å². The summed E-state index contributed by atoms with van der Waals surface area (Å²) < 4.78 is 23.8. The van der Waals surface area contributed by atoms with Gasteiger partial charge in [-0.3, -0.25) is 0 Å². The predicted octanol–water partition coefficient (Wildman–Crippen LogP) is 2.55. The molecule has 0 fully saturated rings. The van der Waals surface area contributed by atoms with Crippen molar-refractivity contribution in [2.24, 2.45) is 0 Å². The van der Waals surface area contributed by atoms with Crippen molar-refractivity contribution in [3.8, 4) is 11.5 Å². The molecule has 0 spiro atoms. The summed E-state index contributed by atoms with van der Waals surface area (Å²) in [5.74, 6) is -0.0437. The first-order chi connectivity index (χ1) is 7.22. The summed E-state index contributed by atoms with van der Waals surface area (Å²) in [7, 11) is 0. The van der Waals surface area contributed by atoms with E-state index in [-0.39, 0.29) is 11.3 Å². The third kappa shape index (κ3) is 2.83. The van der Waals surface area contributed by atoms with Gasteiger partial charge in [-0.25, -0.2) is 9.50 Å². The third-order valence-corrected chi connectivity index (χ3v) is 1.85. The Bertz CT molecular complexity index is 326. The van der Waals surface area contributed by atoms with Crippen molar-refractivity contribution < 1.29 is 19.0 Å². The molecule has 0 N–H and O–H groups in total. The van der Waals surface area contributed by atoms with Gasteiger partial charge in [-0.1, -0.05) is 0 Å². The molecule has 0 aliphatic heterocycles. The quantitative estimate of drug-likeness (QED) is 0.753. The van der Waals surface area contributed by atoms with Crippen LogP contribution in [0.15, 0.2) is 12.1 Å². The van der Waals surface area contributed by atoms with Gasteiger partial charge in [-0.15, -0.1) is 0 Å². The second kappa shape index (κ2) is 5.56. The standard InChI is InChI=1S/C11H14FO3/c1-3-14-9-5-8(7-13)11(12)10(6-9)15-4-2/h5-6H,3-4,7H2,1-2H3. The number of hydrogen-bond donors (Lipinski definition) is 0. The summed E-state index contributed by atoms with van der Waals surface area (Å²) in [6.45, 7) is 3.78. The second-order valence-corrected chi connectivity index (χ2v) is 2.90. The van der Waals surface area contributed by atoms with Crippen LogP contribution in [0.3, 0.4) is 0 Å². The number of ether oxygens (including phenoxy) is 2. The van der Waals surface area contributed by atoms with Gasteiger partial charge in [0.05, 0.1) is 13.2 Å². The molecule has 0 unspecified atom stereocenters. The van der Waals surface area contributed by atoms with Gasteiger partial charge in [-0.05, 0) is 19.9 Å². The SMILES string of the molecule is CCOc1cc(C[O])c(F)c(OCC)c1. The highest BCUT2D eigenvalue weighted by Crippen LogP contribution is 2.27. The Morgan fingerprint density at radius 1 is 1.20 bits per heavy atom. The van der Waals surface area contributed by atoms with Crippen LogP contribution < -0.4 is 9.47 Å². The van der Waals surface area contributed by atoms with Crippen LogP contribution in [0.4, 0.5) is 4.39 Å². The maximum Gasteiger partial charge on any atom is 0.170 e. The Balaban J connectivity index is 3.07. The van der Waals surface area contributed by atoms with Crippen molar-refractivity contribution in [2.75, 3.05) is 13.2 Å². The number of rotatable bonds is 5. The molecule has 0 saturated heterocycles. The molecule has 1 radical (unpaired) electrons. The van der Waals surface area contributed by atoms with Gasteiger partial charge in [0, 0.05) is 11.6 Å². The van der Waals surface area contributed by atoms with Crippen molar-refractivity contribution in [1.82, 2.24) is 0 Å². The monoisotopic (exact) mass is 213 g/mol. The molecule has 1 aromatic carbocycles. The Hall–Kier alpha value is -1.29. The molecule has 0 bridgehead atoms. The van der Waals surface area contributed by atoms with Crippen molar-refractivity contribution in [1.29, 1.82) is 0 Å². The smallest absolute Gasteiger partial charge is 0.170 e. The first kappa shape index (κ1) is 11.8. The van der Waals surface area contributed by atoms with Crippen LogP contribution in [-0.2, 0) is 11.7 Å². The molecule has 0 atom stereocenters. The highest BCUT2D eigenvalue weighted by atomic mass is 19.1. The molecule has 0 heterocycles. The second-order valence-electron chi connectivity index (χ2n) is 2.90. The molecule has 4 heteroatoms. The predicted molar refractivity (Wildman–Crippen MR) is 53.1 cm³/mol. The Kier molecular flexibility index (Phi) is 4.37. The van der Waals surface area contributed by atoms with E-state index in [9.17, 15) is 9.50 Å². The van der Waals surface area contributed by atoms with E-state index in [1.54, 1.807) is 6.92 Å². The molecule has 1 aromatic rings. The van der Waals surface area contributed by atoms with E-state index < -0.39 is 12.4 Å². The Morgan fingerprint density at radius 2 is 1.87 bits per heavy atom. The van der Waals surface area contributed by atoms with Crippen molar-refractivity contribution in [2.45, 2.75) is 20.5 Å². The van der Waals surface area contributed by atoms with Crippen LogP contribution in [-0.4, -0.2) is 13.2 Å². The fourth-order valence-electron chi connectivity index (χ4n) is 1.24. The Morgan fingerprint density at radius 3 is 2.40 bits per heavy atom. The molecule has 15 heavy (non-hydrogen) atoms. The largest absolute Gasteiger partial charge is 0.494 e. The first-order valence-electron chi connectivity index (χ1n) is 4.89. The lowest BCUT2D eigenvalue weighted by atomic mass is 10.2. The average Bonchev–Trinajstić information content (AvgIpc) is 2.23. The van der Waals surface area contributed by atoms with Crippen LogP contribution in [0, 0.1) is 5.82 Å². The van der Waals surface area contributed by atoms with Gasteiger partial charge >= 0.3 is 0 Å². The molecule has 0 aliphatic carbocycles. The van der Waals surface area contributed by atoms with Gasteiger partial charge in [0.2, 0.25) is 0 Å². The van der Waals surface area contributed by atoms with Crippen molar-refractivity contribution in [3.63, 3.8) is 0 Å². The van der Waals surface area contributed by atoms with Crippen LogP contribution in [0.2, 0.25) is 0 Å². The minimum absolute atomic E-state index is 0.0735. The molecular formula is C11H14FO3. The van der Waals surface area contributed by atoms with E-state index in [2.05, 4.69) is 0 Å². The third-order valence-electron chi connectivity index (χ3n) is 1.85. The van der Waals surface area contributed by atoms with E-state index in [0.717, 1.165) is 0 Å². The fourth-order valence-corrected chi connectivity index (χ4v) is 1.24. The Labute approximate surface area is 88.4 Å². The van der Waals surface area contributed by atoms with Gasteiger partial charge < -0.3 is 9.47 Å². The lowest BCUT2D eigenvalue weighted by Gasteiger charge is -2.10. The zero-order chi connectivity index (χ0) is 11.3. The van der Waals surface area contributed by atoms with Crippen LogP contribution in [0.25, 0.3) is 0 Å². The molecule has 3 nitrogen and oxygen atoms in total. The van der Waals surface area contributed by atoms with Crippen molar-refractivity contribution >= 4 is 0 Å². The lowest BCUT2D eigenvalue weighted by molar-refractivity contribution is 0.172. The van der Waals surface area contributed by atoms with Gasteiger partial charge in [0.25, 0.3) is 0 Å². The van der Waals surface area contributed by atoms with E-state index in [1.807, 2.05) is 6.92 Å². The molecule has 0 aliphatic rings. The van der Waals surface area contributed by atoms with Gasteiger partial charge in [0.1, 0.15) is 12.4 Å². The lowest BCUT2D eigenvalue weighted by Crippen LogP contribution is -2.01. The minimum Gasteiger partial charge on any atom is -0.494 e. The van der Waals surface area contributed by atoms with Crippen LogP contribution >= 0.6 is 0 Å². The average molecular weight is 213 g/mol. The molecule has 0 aromatic heterocycles. The number of halogens is 1. The molecular weight excluding hydrogens is 199 g/mol. The van der Waals surface area contributed by atoms with E-state index >= 15 is 0 Å². The maximum absolute atomic E-state index is 13.5. The molecule has 0 saturated carbocycles. The van der Waals surface area contributed by atoms with E-state index in [4.69, 9.17) is 9.47 Å². The summed E-state index contributed by atoms with van der Waals surface area (Å²) in [6, 6.07) is 2.87. The van der Waals surface area contributed by atoms with Gasteiger partial charge in [0.15, 0.2) is 11.6 Å². The molecule has 1 rings (SSSR count). The summed E-state index contributed by atoms with van der Waals surface area (Å²) in [5, 5.41) is 10.7. The number of benzene rings is 1. The topological polar surface area (TPSA) is 38.4 Å². The highest BCUT2D eigenvalue weighted by molar-refractivity contribution is 5.39. The first-order valence-corrected chi connectivity index (χ1v) is 4.89. The number of hydrogen-bond acceptors (Lipinski definition) is 2. The zero-order valence-corrected chi connectivity index (χ0v) is 8.88. The summed E-state index contributed by atoms with van der Waals surface area (Å²) in [5.41, 5.74) is 0.0735. The molecule has 0 amide bonds. The maximum atomic E-state index is 13.5. The molecule has 83 valence electrons.